The summed E-state index contributed by atoms with van der Waals surface area (Å²) in [6, 6.07) is 16.3. The normalized spacial score (nSPS) is 12.4. The Morgan fingerprint density at radius 3 is 2.27 bits per heavy atom. The zero-order chi connectivity index (χ0) is 23.3. The molecule has 1 heterocycles. The third-order valence-corrected chi connectivity index (χ3v) is 6.07. The number of benzene rings is 3. The van der Waals surface area contributed by atoms with Gasteiger partial charge in [0.25, 0.3) is 0 Å². The molecule has 0 aliphatic heterocycles. The van der Waals surface area contributed by atoms with Crippen molar-refractivity contribution in [2.45, 2.75) is 6.92 Å². The fourth-order valence-electron chi connectivity index (χ4n) is 4.02. The minimum absolute atomic E-state index is 0.0470. The highest BCUT2D eigenvalue weighted by atomic mass is 35.5. The molecule has 1 aliphatic rings. The van der Waals surface area contributed by atoms with E-state index in [2.05, 4.69) is 0 Å². The van der Waals surface area contributed by atoms with Gasteiger partial charge in [-0.25, -0.2) is 4.79 Å². The topological polar surface area (TPSA) is 90.7 Å². The van der Waals surface area contributed by atoms with Gasteiger partial charge in [-0.3, -0.25) is 14.4 Å². The Hall–Kier alpha value is -4.03. The second-order valence-electron chi connectivity index (χ2n) is 7.61. The Morgan fingerprint density at radius 1 is 0.879 bits per heavy atom. The van der Waals surface area contributed by atoms with Crippen molar-refractivity contribution in [2.24, 2.45) is 0 Å². The lowest BCUT2D eigenvalue weighted by molar-refractivity contribution is 0.0468. The van der Waals surface area contributed by atoms with Gasteiger partial charge in [0, 0.05) is 27.6 Å². The number of hydrogen-bond acceptors (Lipinski definition) is 6. The number of rotatable bonds is 4. The van der Waals surface area contributed by atoms with Gasteiger partial charge in [-0.2, -0.15) is 0 Å². The average Bonchev–Trinajstić information content (AvgIpc) is 3.17. The molecule has 0 N–H and O–H groups in total. The molecule has 6 nitrogen and oxygen atoms in total. The fraction of sp³-hybridized carbons (Fsp3) is 0.0769. The Bertz CT molecular complexity index is 1510. The van der Waals surface area contributed by atoms with Crippen LogP contribution in [-0.4, -0.2) is 29.9 Å². The number of hydrogen-bond donors (Lipinski definition) is 0. The number of halogens is 1. The summed E-state index contributed by atoms with van der Waals surface area (Å²) in [5.41, 5.74) is 1.69. The van der Waals surface area contributed by atoms with Gasteiger partial charge in [0.2, 0.25) is 5.78 Å². The number of ether oxygens (including phenoxy) is 1. The second kappa shape index (κ2) is 7.83. The molecule has 0 amide bonds. The highest BCUT2D eigenvalue weighted by Gasteiger charge is 2.33. The van der Waals surface area contributed by atoms with Crippen LogP contribution in [0.3, 0.4) is 0 Å². The molecule has 0 radical (unpaired) electrons. The predicted octanol–water partition coefficient (Wildman–Crippen LogP) is 5.21. The highest BCUT2D eigenvalue weighted by molar-refractivity contribution is 6.41. The first kappa shape index (κ1) is 20.8. The molecule has 162 valence electrons. The summed E-state index contributed by atoms with van der Waals surface area (Å²) in [7, 11) is 0. The van der Waals surface area contributed by atoms with Gasteiger partial charge in [0.15, 0.2) is 23.9 Å². The summed E-state index contributed by atoms with van der Waals surface area (Å²) in [6.45, 7) is 1.18. The van der Waals surface area contributed by atoms with Gasteiger partial charge in [0.1, 0.15) is 5.58 Å². The van der Waals surface area contributed by atoms with Crippen molar-refractivity contribution < 1.29 is 28.3 Å². The molecule has 1 aromatic heterocycles. The van der Waals surface area contributed by atoms with E-state index in [4.69, 9.17) is 20.8 Å². The van der Waals surface area contributed by atoms with Gasteiger partial charge < -0.3 is 9.15 Å². The maximum absolute atomic E-state index is 13.0. The third kappa shape index (κ3) is 3.27. The van der Waals surface area contributed by atoms with Gasteiger partial charge >= 0.3 is 5.97 Å². The largest absolute Gasteiger partial charge is 0.454 e. The lowest BCUT2D eigenvalue weighted by atomic mass is 9.83. The maximum Gasteiger partial charge on any atom is 0.340 e. The summed E-state index contributed by atoms with van der Waals surface area (Å²) in [5.74, 6) is -2.08. The second-order valence-corrected chi connectivity index (χ2v) is 7.98. The van der Waals surface area contributed by atoms with E-state index in [1.807, 2.05) is 12.1 Å². The van der Waals surface area contributed by atoms with E-state index in [0.717, 1.165) is 5.39 Å². The Morgan fingerprint density at radius 2 is 1.55 bits per heavy atom. The quantitative estimate of drug-likeness (QED) is 0.271. The molecule has 0 saturated carbocycles. The summed E-state index contributed by atoms with van der Waals surface area (Å²) in [5, 5.41) is 0.617. The van der Waals surface area contributed by atoms with Gasteiger partial charge in [0.05, 0.1) is 16.1 Å². The van der Waals surface area contributed by atoms with Crippen molar-refractivity contribution in [3.05, 3.63) is 105 Å². The van der Waals surface area contributed by atoms with E-state index in [1.54, 1.807) is 37.3 Å². The molecule has 5 rings (SSSR count). The van der Waals surface area contributed by atoms with E-state index < -0.39 is 24.1 Å². The zero-order valence-corrected chi connectivity index (χ0v) is 18.1. The lowest BCUT2D eigenvalue weighted by Crippen LogP contribution is -2.23. The van der Waals surface area contributed by atoms with Crippen LogP contribution in [0.2, 0.25) is 5.02 Å². The summed E-state index contributed by atoms with van der Waals surface area (Å²) in [6.07, 6.45) is 0. The van der Waals surface area contributed by atoms with Gasteiger partial charge in [-0.1, -0.05) is 54.1 Å². The van der Waals surface area contributed by atoms with E-state index in [9.17, 15) is 19.2 Å². The van der Waals surface area contributed by atoms with Crippen LogP contribution in [0.5, 0.6) is 0 Å². The first-order chi connectivity index (χ1) is 15.9. The standard InChI is InChI=1S/C26H15ClO6/c1-13-14-6-4-5-9-20(14)33-25(13)19(28)12-32-26(31)18-11-10-17-21(22(18)27)24(30)16-8-3-2-7-15(16)23(17)29/h2-11H,12H2,1H3. The van der Waals surface area contributed by atoms with Crippen molar-refractivity contribution >= 4 is 45.9 Å². The number of carbonyl (C=O) groups is 4. The van der Waals surface area contributed by atoms with Gasteiger partial charge in [-0.05, 0) is 25.1 Å². The number of furan rings is 1. The number of para-hydroxylation sites is 1. The van der Waals surface area contributed by atoms with Crippen LogP contribution in [0.4, 0.5) is 0 Å². The monoisotopic (exact) mass is 458 g/mol. The summed E-state index contributed by atoms with van der Waals surface area (Å²) >= 11 is 6.38. The molecule has 0 fully saturated rings. The molecule has 0 spiro atoms. The highest BCUT2D eigenvalue weighted by Crippen LogP contribution is 2.34. The van der Waals surface area contributed by atoms with Crippen LogP contribution in [0.15, 0.2) is 65.1 Å². The minimum Gasteiger partial charge on any atom is -0.454 e. The van der Waals surface area contributed by atoms with E-state index in [-0.39, 0.29) is 44.4 Å². The maximum atomic E-state index is 13.0. The predicted molar refractivity (Wildman–Crippen MR) is 120 cm³/mol. The molecular weight excluding hydrogens is 444 g/mol. The molecule has 0 atom stereocenters. The van der Waals surface area contributed by atoms with Crippen LogP contribution in [-0.2, 0) is 4.74 Å². The molecule has 1 aliphatic carbocycles. The van der Waals surface area contributed by atoms with Crippen molar-refractivity contribution in [2.75, 3.05) is 6.61 Å². The minimum atomic E-state index is -0.885. The lowest BCUT2D eigenvalue weighted by Gasteiger charge is -2.19. The molecule has 4 aromatic rings. The SMILES string of the molecule is Cc1c(C(=O)COC(=O)c2ccc3c(c2Cl)C(=O)c2ccccc2C3=O)oc2ccccc12. The van der Waals surface area contributed by atoms with Crippen molar-refractivity contribution in [3.63, 3.8) is 0 Å². The first-order valence-electron chi connectivity index (χ1n) is 10.1. The van der Waals surface area contributed by atoms with Crippen LogP contribution >= 0.6 is 11.6 Å². The Kier molecular flexibility index (Phi) is 4.95. The number of aryl methyl sites for hydroxylation is 1. The van der Waals surface area contributed by atoms with Crippen LogP contribution in [0.1, 0.15) is 58.3 Å². The number of ketones is 3. The molecule has 33 heavy (non-hydrogen) atoms. The molecule has 3 aromatic carbocycles. The van der Waals surface area contributed by atoms with Crippen LogP contribution < -0.4 is 0 Å². The summed E-state index contributed by atoms with van der Waals surface area (Å²) in [4.78, 5) is 51.1. The zero-order valence-electron chi connectivity index (χ0n) is 17.3. The first-order valence-corrected chi connectivity index (χ1v) is 10.5. The van der Waals surface area contributed by atoms with Crippen LogP contribution in [0.25, 0.3) is 11.0 Å². The molecule has 0 unspecified atom stereocenters. The number of carbonyl (C=O) groups excluding carboxylic acids is 4. The van der Waals surface area contributed by atoms with Gasteiger partial charge in [-0.15, -0.1) is 0 Å². The molecule has 0 bridgehead atoms. The van der Waals surface area contributed by atoms with E-state index >= 15 is 0 Å². The van der Waals surface area contributed by atoms with Crippen LogP contribution in [0, 0.1) is 6.92 Å². The third-order valence-electron chi connectivity index (χ3n) is 5.68. The van der Waals surface area contributed by atoms with Crippen molar-refractivity contribution in [1.29, 1.82) is 0 Å². The Balaban J connectivity index is 1.41. The smallest absolute Gasteiger partial charge is 0.340 e. The molecule has 7 heteroatoms. The number of fused-ring (bicyclic) bond motifs is 3. The van der Waals surface area contributed by atoms with E-state index in [0.29, 0.717) is 11.1 Å². The number of esters is 1. The Labute approximate surface area is 192 Å². The molecular formula is C26H15ClO6. The molecule has 0 saturated heterocycles. The number of Topliss-reactive ketones (excluding diaryl/α,β-unsaturated/α-hetero) is 1. The van der Waals surface area contributed by atoms with Crippen molar-refractivity contribution in [1.82, 2.24) is 0 Å². The van der Waals surface area contributed by atoms with Crippen molar-refractivity contribution in [3.8, 4) is 0 Å². The summed E-state index contributed by atoms with van der Waals surface area (Å²) < 4.78 is 10.8. The fourth-order valence-corrected chi connectivity index (χ4v) is 4.35. The average molecular weight is 459 g/mol. The van der Waals surface area contributed by atoms with E-state index in [1.165, 1.54) is 18.2 Å².